The predicted molar refractivity (Wildman–Crippen MR) is 225 cm³/mol. The van der Waals surface area contributed by atoms with Gasteiger partial charge in [-0.05, 0) is 69.8 Å². The predicted octanol–water partition coefficient (Wildman–Crippen LogP) is -1.92. The van der Waals surface area contributed by atoms with Gasteiger partial charge in [0, 0.05) is 20.5 Å². The Labute approximate surface area is 351 Å². The quantitative estimate of drug-likeness (QED) is 0.0259. The van der Waals surface area contributed by atoms with Gasteiger partial charge in [0.15, 0.2) is 5.96 Å². The molecule has 1 fully saturated rings. The van der Waals surface area contributed by atoms with Gasteiger partial charge >= 0.3 is 0 Å². The lowest BCUT2D eigenvalue weighted by molar-refractivity contribution is -0.143. The van der Waals surface area contributed by atoms with Gasteiger partial charge in [0.1, 0.15) is 42.3 Å². The fourth-order valence-electron chi connectivity index (χ4n) is 6.65. The van der Waals surface area contributed by atoms with Crippen molar-refractivity contribution in [1.82, 2.24) is 36.8 Å². The largest absolute Gasteiger partial charge is 0.394 e. The first-order valence-electron chi connectivity index (χ1n) is 20.2. The summed E-state index contributed by atoms with van der Waals surface area (Å²) in [6, 6.07) is -7.98. The molecule has 0 unspecified atom stereocenters. The molecule has 0 aromatic rings. The number of primary amides is 1. The lowest BCUT2D eigenvalue weighted by Crippen LogP contribution is -2.59. The minimum atomic E-state index is -1.45. The molecular formula is C38H69N11O9S. The zero-order valence-corrected chi connectivity index (χ0v) is 36.5. The fraction of sp³-hybridized carbons (Fsp3) is 0.763. The number of likely N-dealkylation sites (N-methyl/N-ethyl adjacent to an activating group) is 1. The van der Waals surface area contributed by atoms with Crippen LogP contribution in [0, 0.1) is 11.8 Å². The molecule has 1 aliphatic carbocycles. The van der Waals surface area contributed by atoms with Crippen LogP contribution in [-0.2, 0) is 38.4 Å². The Hall–Kier alpha value is -4.66. The number of nitrogens with one attached hydrogen (secondary N) is 6. The van der Waals surface area contributed by atoms with Crippen molar-refractivity contribution in [3.05, 3.63) is 0 Å². The molecule has 1 saturated carbocycles. The highest BCUT2D eigenvalue weighted by atomic mass is 32.2. The second kappa shape index (κ2) is 27.2. The summed E-state index contributed by atoms with van der Waals surface area (Å²) >= 11 is 1.41. The molecule has 7 atom stereocenters. The Balaban J connectivity index is 3.09. The second-order valence-corrected chi connectivity index (χ2v) is 16.5. The van der Waals surface area contributed by atoms with E-state index in [1.54, 1.807) is 6.26 Å². The average molecular weight is 856 g/mol. The summed E-state index contributed by atoms with van der Waals surface area (Å²) in [5.74, 6) is -4.83. The monoisotopic (exact) mass is 856 g/mol. The molecule has 8 amide bonds. The highest BCUT2D eigenvalue weighted by molar-refractivity contribution is 7.98. The number of carbonyl (C=O) groups excluding carboxylic acids is 8. The van der Waals surface area contributed by atoms with Gasteiger partial charge in [0.05, 0.1) is 6.61 Å². The molecule has 1 rings (SSSR count). The van der Waals surface area contributed by atoms with E-state index in [-0.39, 0.29) is 49.5 Å². The molecule has 0 aromatic carbocycles. The van der Waals surface area contributed by atoms with Gasteiger partial charge in [-0.1, -0.05) is 46.0 Å². The number of nitrogens with zero attached hydrogens (tertiary/aromatic N) is 2. The van der Waals surface area contributed by atoms with Gasteiger partial charge in [-0.3, -0.25) is 43.3 Å². The number of hydrogen-bond donors (Lipinski definition) is 10. The number of aliphatic imine (C=N–C) groups is 1. The minimum absolute atomic E-state index is 0.0110. The van der Waals surface area contributed by atoms with E-state index in [0.29, 0.717) is 18.6 Å². The van der Waals surface area contributed by atoms with Gasteiger partial charge < -0.3 is 59.1 Å². The summed E-state index contributed by atoms with van der Waals surface area (Å²) in [7, 11) is 1.47. The Kier molecular flexibility index (Phi) is 24.1. The van der Waals surface area contributed by atoms with Crippen LogP contribution in [0.3, 0.4) is 0 Å². The van der Waals surface area contributed by atoms with E-state index in [4.69, 9.17) is 17.2 Å². The number of hydrogen-bond acceptors (Lipinski definition) is 11. The van der Waals surface area contributed by atoms with Crippen LogP contribution in [-0.4, -0.2) is 138 Å². The molecule has 1 aliphatic rings. The van der Waals surface area contributed by atoms with Gasteiger partial charge in [-0.15, -0.1) is 0 Å². The first kappa shape index (κ1) is 52.4. The summed E-state index contributed by atoms with van der Waals surface area (Å²) in [6.07, 6.45) is 8.11. The van der Waals surface area contributed by atoms with E-state index >= 15 is 0 Å². The standard InChI is InChI=1S/C38H69N11O9S/c1-21(2)18-27(31(39)52)47-35(56)29(20-50)48-33(54)22(3)43-34(55)26(15-17-59-7)46-32(53)23(4)44-36(57)30(14-11-16-42-38(40)41)49(6)37(58)28(45-24(5)51)19-25-12-9-8-10-13-25/h21-23,25-30,50H,8-20H2,1-7H3,(H2,39,52)(H,43,55)(H,44,57)(H,45,51)(H,46,53)(H,47,56)(H,48,54)(H4,40,41,42)/t22-,23-,26-,27-,28-,29-,30-/m0/s1. The first-order valence-corrected chi connectivity index (χ1v) is 21.6. The molecule has 0 radical (unpaired) electrons. The number of thioether (sulfide) groups is 1. The van der Waals surface area contributed by atoms with Crippen molar-refractivity contribution < 1.29 is 43.5 Å². The number of aliphatic hydroxyl groups is 1. The van der Waals surface area contributed by atoms with Crippen molar-refractivity contribution in [2.45, 2.75) is 141 Å². The van der Waals surface area contributed by atoms with E-state index < -0.39 is 90.3 Å². The van der Waals surface area contributed by atoms with Crippen molar-refractivity contribution in [3.8, 4) is 0 Å². The molecule has 336 valence electrons. The number of guanidine groups is 1. The zero-order valence-electron chi connectivity index (χ0n) is 35.6. The third kappa shape index (κ3) is 19.8. The maximum Gasteiger partial charge on any atom is 0.245 e. The fourth-order valence-corrected chi connectivity index (χ4v) is 7.12. The van der Waals surface area contributed by atoms with Crippen LogP contribution in [0.2, 0.25) is 0 Å². The molecule has 20 nitrogen and oxygen atoms in total. The van der Waals surface area contributed by atoms with E-state index in [1.165, 1.54) is 44.5 Å². The van der Waals surface area contributed by atoms with Crippen molar-refractivity contribution in [2.75, 3.05) is 32.2 Å². The lowest BCUT2D eigenvalue weighted by atomic mass is 9.84. The molecule has 59 heavy (non-hydrogen) atoms. The highest BCUT2D eigenvalue weighted by Gasteiger charge is 2.35. The van der Waals surface area contributed by atoms with E-state index in [9.17, 15) is 43.5 Å². The SMILES string of the molecule is CSCC[C@H](NC(=O)[C@H](C)NC(=O)[C@H](CCCN=C(N)N)N(C)C(=O)[C@H](CC1CCCCC1)NC(C)=O)C(=O)N[C@@H](C)C(=O)N[C@@H](CO)C(=O)N[C@@H](CC(C)C)C(N)=O. The normalized spacial score (nSPS) is 16.4. The molecule has 0 saturated heterocycles. The van der Waals surface area contributed by atoms with Crippen molar-refractivity contribution in [2.24, 2.45) is 34.0 Å². The summed E-state index contributed by atoms with van der Waals surface area (Å²) in [5.41, 5.74) is 16.3. The van der Waals surface area contributed by atoms with Gasteiger partial charge in [-0.2, -0.15) is 11.8 Å². The second-order valence-electron chi connectivity index (χ2n) is 15.5. The summed E-state index contributed by atoms with van der Waals surface area (Å²) < 4.78 is 0. The maximum absolute atomic E-state index is 13.9. The van der Waals surface area contributed by atoms with Crippen molar-refractivity contribution in [1.29, 1.82) is 0 Å². The molecule has 0 aromatic heterocycles. The topological polar surface area (TPSA) is 323 Å². The molecule has 21 heteroatoms. The smallest absolute Gasteiger partial charge is 0.245 e. The number of carbonyl (C=O) groups is 8. The number of nitrogens with two attached hydrogens (primary N) is 3. The minimum Gasteiger partial charge on any atom is -0.394 e. The molecule has 13 N–H and O–H groups in total. The number of amides is 8. The van der Waals surface area contributed by atoms with Crippen LogP contribution in [0.4, 0.5) is 0 Å². The molecular weight excluding hydrogens is 787 g/mol. The van der Waals surface area contributed by atoms with Crippen LogP contribution >= 0.6 is 11.8 Å². The van der Waals surface area contributed by atoms with Gasteiger partial charge in [0.2, 0.25) is 47.3 Å². The van der Waals surface area contributed by atoms with E-state index in [1.807, 2.05) is 13.8 Å². The van der Waals surface area contributed by atoms with Gasteiger partial charge in [0.25, 0.3) is 0 Å². The third-order valence-corrected chi connectivity index (χ3v) is 10.6. The Morgan fingerprint density at radius 3 is 1.78 bits per heavy atom. The van der Waals surface area contributed by atoms with Crippen LogP contribution in [0.5, 0.6) is 0 Å². The Morgan fingerprint density at radius 2 is 1.27 bits per heavy atom. The van der Waals surface area contributed by atoms with Crippen LogP contribution in [0.15, 0.2) is 4.99 Å². The van der Waals surface area contributed by atoms with Crippen LogP contribution in [0.25, 0.3) is 0 Å². The molecule has 0 bridgehead atoms. The van der Waals surface area contributed by atoms with Gasteiger partial charge in [-0.25, -0.2) is 0 Å². The van der Waals surface area contributed by atoms with E-state index in [0.717, 1.165) is 32.1 Å². The third-order valence-electron chi connectivity index (χ3n) is 9.95. The summed E-state index contributed by atoms with van der Waals surface area (Å²) in [6.45, 7) is 7.11. The average Bonchev–Trinajstić information content (AvgIpc) is 3.16. The number of rotatable bonds is 26. The van der Waals surface area contributed by atoms with Crippen LogP contribution < -0.4 is 49.1 Å². The summed E-state index contributed by atoms with van der Waals surface area (Å²) in [5, 5.41) is 25.1. The number of aliphatic hydroxyl groups excluding tert-OH is 1. The molecule has 0 heterocycles. The Morgan fingerprint density at radius 1 is 0.729 bits per heavy atom. The van der Waals surface area contributed by atoms with Crippen molar-refractivity contribution >= 4 is 65.0 Å². The molecule has 0 aliphatic heterocycles. The van der Waals surface area contributed by atoms with E-state index in [2.05, 4.69) is 36.9 Å². The molecule has 0 spiro atoms. The first-order chi connectivity index (χ1) is 27.7. The highest BCUT2D eigenvalue weighted by Crippen LogP contribution is 2.28. The lowest BCUT2D eigenvalue weighted by Gasteiger charge is -2.33. The van der Waals surface area contributed by atoms with Crippen molar-refractivity contribution in [3.63, 3.8) is 0 Å². The zero-order chi connectivity index (χ0) is 44.8. The maximum atomic E-state index is 13.9. The van der Waals surface area contributed by atoms with Crippen LogP contribution in [0.1, 0.15) is 98.8 Å². The summed E-state index contributed by atoms with van der Waals surface area (Å²) in [4.78, 5) is 110. The Bertz CT molecular complexity index is 1460.